The summed E-state index contributed by atoms with van der Waals surface area (Å²) in [7, 11) is 3.10. The van der Waals surface area contributed by atoms with E-state index in [9.17, 15) is 14.4 Å². The van der Waals surface area contributed by atoms with Gasteiger partial charge in [-0.1, -0.05) is 12.1 Å². The molecule has 0 saturated carbocycles. The van der Waals surface area contributed by atoms with Gasteiger partial charge in [0, 0.05) is 11.3 Å². The highest BCUT2D eigenvalue weighted by Crippen LogP contribution is 2.17. The van der Waals surface area contributed by atoms with Gasteiger partial charge in [-0.05, 0) is 79.2 Å². The van der Waals surface area contributed by atoms with Crippen LogP contribution in [0.25, 0.3) is 6.08 Å². The van der Waals surface area contributed by atoms with Crippen molar-refractivity contribution in [3.8, 4) is 11.5 Å². The Bertz CT molecular complexity index is 1200. The Hall–Kier alpha value is -4.59. The van der Waals surface area contributed by atoms with E-state index < -0.39 is 17.8 Å². The highest BCUT2D eigenvalue weighted by molar-refractivity contribution is 6.10. The number of esters is 1. The molecule has 0 aliphatic heterocycles. The molecule has 0 aliphatic rings. The number of hydrogen-bond acceptors (Lipinski definition) is 6. The molecule has 0 heterocycles. The van der Waals surface area contributed by atoms with Crippen molar-refractivity contribution < 1.29 is 28.6 Å². The molecule has 0 spiro atoms. The Kier molecular flexibility index (Phi) is 8.61. The maximum atomic E-state index is 13.1. The van der Waals surface area contributed by atoms with E-state index in [2.05, 4.69) is 10.6 Å². The number of nitrogens with one attached hydrogen (secondary N) is 2. The second-order valence-corrected chi connectivity index (χ2v) is 7.27. The zero-order valence-corrected chi connectivity index (χ0v) is 19.7. The first-order valence-corrected chi connectivity index (χ1v) is 10.8. The summed E-state index contributed by atoms with van der Waals surface area (Å²) < 4.78 is 15.3. The van der Waals surface area contributed by atoms with Gasteiger partial charge in [-0.2, -0.15) is 0 Å². The molecule has 0 unspecified atom stereocenters. The molecule has 3 aromatic rings. The smallest absolute Gasteiger partial charge is 0.338 e. The average molecular weight is 475 g/mol. The Morgan fingerprint density at radius 3 is 1.86 bits per heavy atom. The van der Waals surface area contributed by atoms with Crippen molar-refractivity contribution in [2.75, 3.05) is 26.1 Å². The number of carbonyl (C=O) groups excluding carboxylic acids is 3. The Balaban J connectivity index is 1.83. The van der Waals surface area contributed by atoms with Gasteiger partial charge in [0.2, 0.25) is 0 Å². The van der Waals surface area contributed by atoms with Crippen LogP contribution in [0, 0.1) is 0 Å². The summed E-state index contributed by atoms with van der Waals surface area (Å²) in [5, 5.41) is 5.42. The van der Waals surface area contributed by atoms with Crippen LogP contribution in [0.4, 0.5) is 5.69 Å². The number of anilines is 1. The van der Waals surface area contributed by atoms with Crippen molar-refractivity contribution in [2.45, 2.75) is 6.92 Å². The van der Waals surface area contributed by atoms with Gasteiger partial charge >= 0.3 is 5.97 Å². The molecule has 3 aromatic carbocycles. The van der Waals surface area contributed by atoms with E-state index in [4.69, 9.17) is 14.2 Å². The fourth-order valence-corrected chi connectivity index (χ4v) is 3.06. The molecule has 0 atom stereocenters. The molecule has 8 heteroatoms. The molecule has 2 amide bonds. The quantitative estimate of drug-likeness (QED) is 0.354. The summed E-state index contributed by atoms with van der Waals surface area (Å²) in [5.74, 6) is -0.166. The third kappa shape index (κ3) is 6.94. The van der Waals surface area contributed by atoms with Crippen molar-refractivity contribution in [2.24, 2.45) is 0 Å². The Morgan fingerprint density at radius 2 is 1.31 bits per heavy atom. The number of benzene rings is 3. The number of amides is 2. The molecule has 180 valence electrons. The molecule has 0 bridgehead atoms. The van der Waals surface area contributed by atoms with Gasteiger partial charge < -0.3 is 24.8 Å². The fourth-order valence-electron chi connectivity index (χ4n) is 3.06. The van der Waals surface area contributed by atoms with Crippen LogP contribution in [0.2, 0.25) is 0 Å². The van der Waals surface area contributed by atoms with Crippen LogP contribution in [0.3, 0.4) is 0 Å². The van der Waals surface area contributed by atoms with E-state index in [0.29, 0.717) is 33.9 Å². The number of methoxy groups -OCH3 is 2. The molecule has 3 rings (SSSR count). The van der Waals surface area contributed by atoms with Crippen LogP contribution in [-0.2, 0) is 9.53 Å². The molecule has 35 heavy (non-hydrogen) atoms. The zero-order chi connectivity index (χ0) is 25.2. The number of ether oxygens (including phenoxy) is 3. The SMILES string of the molecule is CCOC(=O)c1ccc(NC(=O)/C(=C/c2ccc(OC)cc2)NC(=O)c2ccc(OC)cc2)cc1. The van der Waals surface area contributed by atoms with Crippen LogP contribution < -0.4 is 20.1 Å². The van der Waals surface area contributed by atoms with Gasteiger partial charge in [0.15, 0.2) is 0 Å². The molecule has 0 aliphatic carbocycles. The molecule has 8 nitrogen and oxygen atoms in total. The molecule has 0 saturated heterocycles. The highest BCUT2D eigenvalue weighted by Gasteiger charge is 2.16. The molecular formula is C27H26N2O6. The lowest BCUT2D eigenvalue weighted by atomic mass is 10.1. The Labute approximate surface area is 203 Å². The van der Waals surface area contributed by atoms with Crippen molar-refractivity contribution in [1.29, 1.82) is 0 Å². The summed E-state index contributed by atoms with van der Waals surface area (Å²) >= 11 is 0. The van der Waals surface area contributed by atoms with Crippen LogP contribution in [0.15, 0.2) is 78.5 Å². The summed E-state index contributed by atoms with van der Waals surface area (Å²) in [6.45, 7) is 1.99. The predicted octanol–water partition coefficient (Wildman–Crippen LogP) is 4.29. The summed E-state index contributed by atoms with van der Waals surface area (Å²) in [5.41, 5.74) is 1.89. The molecule has 0 radical (unpaired) electrons. The minimum absolute atomic E-state index is 0.0328. The third-order valence-electron chi connectivity index (χ3n) is 4.93. The fraction of sp³-hybridized carbons (Fsp3) is 0.148. The van der Waals surface area contributed by atoms with Crippen LogP contribution in [-0.4, -0.2) is 38.6 Å². The zero-order valence-electron chi connectivity index (χ0n) is 19.7. The molecular weight excluding hydrogens is 448 g/mol. The van der Waals surface area contributed by atoms with Crippen LogP contribution in [0.5, 0.6) is 11.5 Å². The third-order valence-corrected chi connectivity index (χ3v) is 4.93. The molecule has 2 N–H and O–H groups in total. The minimum atomic E-state index is -0.536. The first-order valence-electron chi connectivity index (χ1n) is 10.8. The Morgan fingerprint density at radius 1 is 0.771 bits per heavy atom. The van der Waals surface area contributed by atoms with Crippen molar-refractivity contribution in [1.82, 2.24) is 5.32 Å². The van der Waals surface area contributed by atoms with E-state index in [1.54, 1.807) is 92.9 Å². The monoisotopic (exact) mass is 474 g/mol. The number of hydrogen-bond donors (Lipinski definition) is 2. The first-order chi connectivity index (χ1) is 16.9. The van der Waals surface area contributed by atoms with E-state index in [0.717, 1.165) is 0 Å². The molecule has 0 aromatic heterocycles. The highest BCUT2D eigenvalue weighted by atomic mass is 16.5. The topological polar surface area (TPSA) is 103 Å². The number of carbonyl (C=O) groups is 3. The van der Waals surface area contributed by atoms with Gasteiger partial charge in [0.05, 0.1) is 26.4 Å². The van der Waals surface area contributed by atoms with E-state index >= 15 is 0 Å². The first kappa shape index (κ1) is 25.0. The maximum absolute atomic E-state index is 13.1. The minimum Gasteiger partial charge on any atom is -0.497 e. The average Bonchev–Trinajstić information content (AvgIpc) is 2.89. The van der Waals surface area contributed by atoms with Gasteiger partial charge in [0.1, 0.15) is 17.2 Å². The lowest BCUT2D eigenvalue weighted by molar-refractivity contribution is -0.113. The molecule has 0 fully saturated rings. The van der Waals surface area contributed by atoms with E-state index in [-0.39, 0.29) is 12.3 Å². The van der Waals surface area contributed by atoms with Gasteiger partial charge in [-0.15, -0.1) is 0 Å². The summed E-state index contributed by atoms with van der Waals surface area (Å²) in [6.07, 6.45) is 1.56. The summed E-state index contributed by atoms with van der Waals surface area (Å²) in [4.78, 5) is 37.8. The summed E-state index contributed by atoms with van der Waals surface area (Å²) in [6, 6.07) is 19.8. The van der Waals surface area contributed by atoms with Crippen LogP contribution >= 0.6 is 0 Å². The largest absolute Gasteiger partial charge is 0.497 e. The van der Waals surface area contributed by atoms with Crippen LogP contribution in [0.1, 0.15) is 33.2 Å². The lowest BCUT2D eigenvalue weighted by Crippen LogP contribution is -2.30. The maximum Gasteiger partial charge on any atom is 0.338 e. The van der Waals surface area contributed by atoms with E-state index in [1.807, 2.05) is 0 Å². The normalized spacial score (nSPS) is 10.8. The second-order valence-electron chi connectivity index (χ2n) is 7.27. The predicted molar refractivity (Wildman–Crippen MR) is 132 cm³/mol. The van der Waals surface area contributed by atoms with Gasteiger partial charge in [-0.3, -0.25) is 9.59 Å². The van der Waals surface area contributed by atoms with Gasteiger partial charge in [-0.25, -0.2) is 4.79 Å². The van der Waals surface area contributed by atoms with Gasteiger partial charge in [0.25, 0.3) is 11.8 Å². The van der Waals surface area contributed by atoms with Crippen molar-refractivity contribution in [3.05, 3.63) is 95.2 Å². The lowest BCUT2D eigenvalue weighted by Gasteiger charge is -2.12. The van der Waals surface area contributed by atoms with Crippen molar-refractivity contribution >= 4 is 29.5 Å². The standard InChI is InChI=1S/C27H26N2O6/c1-4-35-27(32)20-7-11-21(12-8-20)28-26(31)24(17-18-5-13-22(33-2)14-6-18)29-25(30)19-9-15-23(34-3)16-10-19/h5-17H,4H2,1-3H3,(H,28,31)(H,29,30)/b24-17-. The van der Waals surface area contributed by atoms with Crippen molar-refractivity contribution in [3.63, 3.8) is 0 Å². The van der Waals surface area contributed by atoms with E-state index in [1.165, 1.54) is 7.11 Å². The second kappa shape index (κ2) is 12.0. The number of rotatable bonds is 9.